The first-order valence-electron chi connectivity index (χ1n) is 11.4. The van der Waals surface area contributed by atoms with Crippen LogP contribution in [0.2, 0.25) is 0 Å². The van der Waals surface area contributed by atoms with Crippen molar-refractivity contribution in [3.05, 3.63) is 87.7 Å². The second kappa shape index (κ2) is 10.1. The van der Waals surface area contributed by atoms with Crippen molar-refractivity contribution in [3.8, 4) is 0 Å². The third-order valence-corrected chi connectivity index (χ3v) is 6.30. The van der Waals surface area contributed by atoms with E-state index in [1.54, 1.807) is 32.2 Å². The van der Waals surface area contributed by atoms with Gasteiger partial charge in [0.2, 0.25) is 0 Å². The minimum Gasteiger partial charge on any atom is -0.461 e. The number of hydrogen-bond donors (Lipinski definition) is 2. The minimum atomic E-state index is -4.61. The lowest BCUT2D eigenvalue weighted by Gasteiger charge is -2.35. The summed E-state index contributed by atoms with van der Waals surface area (Å²) in [6, 6.07) is 9.53. The molecule has 2 heterocycles. The fourth-order valence-electron chi connectivity index (χ4n) is 4.47. The molecular formula is C25H24F3N6O4+. The van der Waals surface area contributed by atoms with Gasteiger partial charge in [0.1, 0.15) is 41.5 Å². The number of amides is 2. The Kier molecular flexibility index (Phi) is 7.05. The van der Waals surface area contributed by atoms with E-state index in [4.69, 9.17) is 10.2 Å². The van der Waals surface area contributed by atoms with Crippen LogP contribution < -0.4 is 15.5 Å². The average Bonchev–Trinajstić information content (AvgIpc) is 3.16. The van der Waals surface area contributed by atoms with Gasteiger partial charge in [-0.2, -0.15) is 13.2 Å². The molecule has 0 bridgehead atoms. The monoisotopic (exact) mass is 529 g/mol. The SMILES string of the molecule is Cc1oc2ccc(NC(N)=O)cc2c1CC[N+](C)(Cc1ncc([N+](=O)[O-])cn1)c1ccccc1C(F)(F)F. The lowest BCUT2D eigenvalue weighted by atomic mass is 10.0. The third kappa shape index (κ3) is 5.57. The summed E-state index contributed by atoms with van der Waals surface area (Å²) in [4.78, 5) is 29.7. The van der Waals surface area contributed by atoms with E-state index in [2.05, 4.69) is 15.3 Å². The number of quaternary nitrogens is 1. The Balaban J connectivity index is 1.75. The Hall–Kier alpha value is -4.52. The number of anilines is 1. The molecule has 4 aromatic rings. The van der Waals surface area contributed by atoms with Crippen LogP contribution in [0.4, 0.5) is 35.0 Å². The molecule has 0 saturated heterocycles. The summed E-state index contributed by atoms with van der Waals surface area (Å²) in [5.41, 5.74) is 5.86. The molecule has 0 fully saturated rings. The molecule has 4 rings (SSSR count). The molecule has 198 valence electrons. The first-order valence-corrected chi connectivity index (χ1v) is 11.4. The van der Waals surface area contributed by atoms with Gasteiger partial charge < -0.3 is 15.5 Å². The molecule has 13 heteroatoms. The molecule has 2 amide bonds. The number of primary amides is 1. The third-order valence-electron chi connectivity index (χ3n) is 6.30. The van der Waals surface area contributed by atoms with Gasteiger partial charge in [-0.15, -0.1) is 0 Å². The minimum absolute atomic E-state index is 0.00323. The predicted molar refractivity (Wildman–Crippen MR) is 134 cm³/mol. The summed E-state index contributed by atoms with van der Waals surface area (Å²) in [6.07, 6.45) is -2.25. The van der Waals surface area contributed by atoms with Gasteiger partial charge in [-0.1, -0.05) is 12.1 Å². The van der Waals surface area contributed by atoms with E-state index < -0.39 is 22.7 Å². The highest BCUT2D eigenvalue weighted by molar-refractivity contribution is 5.92. The lowest BCUT2D eigenvalue weighted by Crippen LogP contribution is -2.47. The second-order valence-corrected chi connectivity index (χ2v) is 8.99. The zero-order valence-corrected chi connectivity index (χ0v) is 20.5. The van der Waals surface area contributed by atoms with Crippen LogP contribution in [0.1, 0.15) is 22.7 Å². The molecule has 1 atom stereocenters. The number of nitrogens with zero attached hydrogens (tertiary/aromatic N) is 4. The van der Waals surface area contributed by atoms with Crippen molar-refractivity contribution in [2.45, 2.75) is 26.1 Å². The van der Waals surface area contributed by atoms with Crippen molar-refractivity contribution in [2.24, 2.45) is 5.73 Å². The molecule has 0 radical (unpaired) electrons. The topological polar surface area (TPSA) is 137 Å². The number of likely N-dealkylation sites (N-methyl/N-ethyl adjacent to an activating group) is 1. The van der Waals surface area contributed by atoms with Gasteiger partial charge in [-0.05, 0) is 37.3 Å². The zero-order valence-electron chi connectivity index (χ0n) is 20.5. The number of fused-ring (bicyclic) bond motifs is 1. The maximum Gasteiger partial charge on any atom is 0.422 e. The van der Waals surface area contributed by atoms with Gasteiger partial charge in [0.25, 0.3) is 0 Å². The van der Waals surface area contributed by atoms with E-state index in [0.29, 0.717) is 28.8 Å². The normalized spacial score (nSPS) is 13.3. The van der Waals surface area contributed by atoms with Gasteiger partial charge in [0.15, 0.2) is 5.82 Å². The summed E-state index contributed by atoms with van der Waals surface area (Å²) in [5, 5.41) is 14.2. The van der Waals surface area contributed by atoms with Gasteiger partial charge in [0.05, 0.1) is 18.5 Å². The Morgan fingerprint density at radius 2 is 1.87 bits per heavy atom. The van der Waals surface area contributed by atoms with Crippen LogP contribution in [0.15, 0.2) is 59.3 Å². The molecule has 0 aliphatic carbocycles. The number of para-hydroxylation sites is 1. The molecule has 0 aliphatic heterocycles. The first-order chi connectivity index (χ1) is 17.9. The average molecular weight is 529 g/mol. The van der Waals surface area contributed by atoms with E-state index in [0.717, 1.165) is 24.0 Å². The maximum atomic E-state index is 14.0. The second-order valence-electron chi connectivity index (χ2n) is 8.99. The highest BCUT2D eigenvalue weighted by Gasteiger charge is 2.41. The van der Waals surface area contributed by atoms with Crippen molar-refractivity contribution >= 4 is 34.1 Å². The van der Waals surface area contributed by atoms with E-state index in [9.17, 15) is 28.1 Å². The predicted octanol–water partition coefficient (Wildman–Crippen LogP) is 5.33. The molecule has 3 N–H and O–H groups in total. The van der Waals surface area contributed by atoms with Crippen LogP contribution in [0, 0.1) is 17.0 Å². The smallest absolute Gasteiger partial charge is 0.422 e. The van der Waals surface area contributed by atoms with Gasteiger partial charge >= 0.3 is 17.9 Å². The number of nitro groups is 1. The molecule has 38 heavy (non-hydrogen) atoms. The number of benzene rings is 2. The van der Waals surface area contributed by atoms with Crippen LogP contribution in [-0.2, 0) is 19.1 Å². The Bertz CT molecular complexity index is 1500. The molecule has 2 aromatic heterocycles. The molecule has 0 aliphatic rings. The fraction of sp³-hybridized carbons (Fsp3) is 0.240. The number of nitrogens with one attached hydrogen (secondary N) is 1. The fourth-order valence-corrected chi connectivity index (χ4v) is 4.47. The Morgan fingerprint density at radius 3 is 2.50 bits per heavy atom. The number of alkyl halides is 3. The van der Waals surface area contributed by atoms with E-state index in [-0.39, 0.29) is 34.8 Å². The quantitative estimate of drug-likeness (QED) is 0.180. The van der Waals surface area contributed by atoms with Crippen molar-refractivity contribution in [1.29, 1.82) is 0 Å². The van der Waals surface area contributed by atoms with Gasteiger partial charge in [0, 0.05) is 23.1 Å². The molecule has 10 nitrogen and oxygen atoms in total. The van der Waals surface area contributed by atoms with E-state index in [1.165, 1.54) is 18.2 Å². The van der Waals surface area contributed by atoms with Crippen molar-refractivity contribution in [1.82, 2.24) is 14.5 Å². The largest absolute Gasteiger partial charge is 0.461 e. The lowest BCUT2D eigenvalue weighted by molar-refractivity contribution is -0.385. The first kappa shape index (κ1) is 26.5. The summed E-state index contributed by atoms with van der Waals surface area (Å²) < 4.78 is 47.6. The van der Waals surface area contributed by atoms with Crippen LogP contribution >= 0.6 is 0 Å². The molecular weight excluding hydrogens is 505 g/mol. The summed E-state index contributed by atoms with van der Waals surface area (Å²) >= 11 is 0. The van der Waals surface area contributed by atoms with Crippen molar-refractivity contribution < 1.29 is 27.3 Å². The highest BCUT2D eigenvalue weighted by Crippen LogP contribution is 2.40. The van der Waals surface area contributed by atoms with E-state index in [1.807, 2.05) is 0 Å². The van der Waals surface area contributed by atoms with Crippen LogP contribution in [0.3, 0.4) is 0 Å². The van der Waals surface area contributed by atoms with Gasteiger partial charge in [-0.3, -0.25) is 14.6 Å². The van der Waals surface area contributed by atoms with Gasteiger partial charge in [-0.25, -0.2) is 14.8 Å². The molecule has 1 unspecified atom stereocenters. The van der Waals surface area contributed by atoms with Crippen molar-refractivity contribution in [3.63, 3.8) is 0 Å². The molecule has 0 spiro atoms. The molecule has 2 aromatic carbocycles. The Labute approximate surface area is 214 Å². The number of nitrogens with two attached hydrogens (primary N) is 1. The zero-order chi connectivity index (χ0) is 27.7. The highest BCUT2D eigenvalue weighted by atomic mass is 19.4. The number of hydrogen-bond acceptors (Lipinski definition) is 6. The number of rotatable bonds is 8. The number of furan rings is 1. The standard InChI is InChI=1S/C25H23F3N6O4/c1-15-18(19-11-16(32-24(29)35)7-8-22(19)38-15)9-10-34(2,14-23-30-12-17(13-31-23)33(36)37)21-6-4-3-5-20(21)25(26,27)28/h3-8,11-13H,9-10,14H2,1-2H3,(H2-,29,32,35)/p+1. The summed E-state index contributed by atoms with van der Waals surface area (Å²) in [6.45, 7) is 1.87. The number of carbonyl (C=O) groups excluding carboxylic acids is 1. The number of halogens is 3. The van der Waals surface area contributed by atoms with E-state index >= 15 is 0 Å². The Morgan fingerprint density at radius 1 is 1.18 bits per heavy atom. The maximum absolute atomic E-state index is 14.0. The number of aromatic nitrogens is 2. The number of carbonyl (C=O) groups is 1. The van der Waals surface area contributed by atoms with Crippen molar-refractivity contribution in [2.75, 3.05) is 18.9 Å². The van der Waals surface area contributed by atoms with Crippen LogP contribution in [0.5, 0.6) is 0 Å². The van der Waals surface area contributed by atoms with Crippen LogP contribution in [0.25, 0.3) is 11.0 Å². The number of urea groups is 1. The number of aryl methyl sites for hydroxylation is 1. The summed E-state index contributed by atoms with van der Waals surface area (Å²) in [5.74, 6) is 0.732. The molecule has 0 saturated carbocycles. The summed E-state index contributed by atoms with van der Waals surface area (Å²) in [7, 11) is 1.63. The van der Waals surface area contributed by atoms with Crippen LogP contribution in [-0.4, -0.2) is 34.5 Å².